The third-order valence-electron chi connectivity index (χ3n) is 9.54. The van der Waals surface area contributed by atoms with E-state index in [2.05, 4.69) is 26.1 Å². The highest BCUT2D eigenvalue weighted by Gasteiger charge is 2.14. The van der Waals surface area contributed by atoms with Crippen molar-refractivity contribution in [2.75, 3.05) is 19.7 Å². The normalized spacial score (nSPS) is 11.4. The number of nitrogens with one attached hydrogen (secondary N) is 1. The molecule has 0 fully saturated rings. The Morgan fingerprint density at radius 3 is 1.26 bits per heavy atom. The number of hydrogen-bond acceptors (Lipinski definition) is 5. The van der Waals surface area contributed by atoms with E-state index in [1.54, 1.807) is 0 Å². The van der Waals surface area contributed by atoms with Crippen molar-refractivity contribution < 1.29 is 19.1 Å². The smallest absolute Gasteiger partial charge is 0.306 e. The van der Waals surface area contributed by atoms with E-state index in [0.29, 0.717) is 19.4 Å². The molecule has 47 heavy (non-hydrogen) atoms. The fourth-order valence-electron chi connectivity index (χ4n) is 6.35. The molecule has 0 bridgehead atoms. The van der Waals surface area contributed by atoms with Crippen molar-refractivity contribution in [1.82, 2.24) is 5.32 Å². The van der Waals surface area contributed by atoms with E-state index >= 15 is 0 Å². The Kier molecular flexibility index (Phi) is 38.4. The second kappa shape index (κ2) is 39.3. The van der Waals surface area contributed by atoms with Gasteiger partial charge in [-0.05, 0) is 70.9 Å². The maximum absolute atomic E-state index is 12.6. The minimum absolute atomic E-state index is 0.00780. The Morgan fingerprint density at radius 1 is 0.426 bits per heavy atom. The molecule has 280 valence electrons. The zero-order chi connectivity index (χ0) is 34.3. The number of carbonyl (C=O) groups is 2. The van der Waals surface area contributed by atoms with Gasteiger partial charge in [0.2, 0.25) is 0 Å². The molecule has 0 saturated carbocycles. The summed E-state index contributed by atoms with van der Waals surface area (Å²) in [7, 11) is 0. The fraction of sp³-hybridized carbons (Fsp3) is 0.952. The molecule has 0 heterocycles. The van der Waals surface area contributed by atoms with Crippen molar-refractivity contribution in [3.63, 3.8) is 0 Å². The Hall–Kier alpha value is -1.10. The highest BCUT2D eigenvalue weighted by atomic mass is 16.5. The van der Waals surface area contributed by atoms with E-state index < -0.39 is 0 Å². The Bertz CT molecular complexity index is 624. The first-order valence-electron chi connectivity index (χ1n) is 21.2. The summed E-state index contributed by atoms with van der Waals surface area (Å²) >= 11 is 0. The van der Waals surface area contributed by atoms with Gasteiger partial charge in [-0.1, -0.05) is 162 Å². The standard InChI is InChI=1S/C42H83NO4/c1-4-7-10-13-16-21-28-35-41(44)46-39-32-25-18-24-31-38-43-37-30-23-17-22-29-36-42(45)47-40(33-26-19-14-11-8-5-2)34-27-20-15-12-9-6-3/h40,43H,4-39H2,1-3H3. The Labute approximate surface area is 294 Å². The molecule has 0 atom stereocenters. The second-order valence-corrected chi connectivity index (χ2v) is 14.4. The summed E-state index contributed by atoms with van der Waals surface area (Å²) in [6.45, 7) is 9.55. The molecule has 1 N–H and O–H groups in total. The second-order valence-electron chi connectivity index (χ2n) is 14.4. The first kappa shape index (κ1) is 45.9. The van der Waals surface area contributed by atoms with E-state index in [4.69, 9.17) is 9.47 Å². The summed E-state index contributed by atoms with van der Waals surface area (Å²) in [6, 6.07) is 0. The molecular weight excluding hydrogens is 582 g/mol. The van der Waals surface area contributed by atoms with Crippen LogP contribution >= 0.6 is 0 Å². The molecule has 0 rings (SSSR count). The summed E-state index contributed by atoms with van der Waals surface area (Å²) in [5.74, 6) is 0.0278. The van der Waals surface area contributed by atoms with E-state index in [0.717, 1.165) is 64.5 Å². The van der Waals surface area contributed by atoms with Gasteiger partial charge in [0, 0.05) is 12.8 Å². The van der Waals surface area contributed by atoms with Crippen LogP contribution in [0.5, 0.6) is 0 Å². The molecule has 0 aliphatic heterocycles. The van der Waals surface area contributed by atoms with Crippen molar-refractivity contribution in [3.8, 4) is 0 Å². The van der Waals surface area contributed by atoms with Crippen LogP contribution in [0.4, 0.5) is 0 Å². The van der Waals surface area contributed by atoms with Crippen molar-refractivity contribution in [3.05, 3.63) is 0 Å². The maximum atomic E-state index is 12.6. The summed E-state index contributed by atoms with van der Waals surface area (Å²) in [5, 5.41) is 3.59. The quantitative estimate of drug-likeness (QED) is 0.0523. The number of carbonyl (C=O) groups excluding carboxylic acids is 2. The van der Waals surface area contributed by atoms with Crippen molar-refractivity contribution in [2.45, 2.75) is 239 Å². The van der Waals surface area contributed by atoms with Crippen LogP contribution in [0.1, 0.15) is 233 Å². The topological polar surface area (TPSA) is 64.6 Å². The third kappa shape index (κ3) is 37.6. The molecule has 0 amide bonds. The Balaban J connectivity index is 3.63. The van der Waals surface area contributed by atoms with Crippen LogP contribution in [0.3, 0.4) is 0 Å². The molecule has 5 nitrogen and oxygen atoms in total. The van der Waals surface area contributed by atoms with Gasteiger partial charge in [0.25, 0.3) is 0 Å². The summed E-state index contributed by atoms with van der Waals surface area (Å²) < 4.78 is 11.4. The molecule has 0 unspecified atom stereocenters. The average molecular weight is 666 g/mol. The van der Waals surface area contributed by atoms with E-state index in [1.807, 2.05) is 0 Å². The zero-order valence-electron chi connectivity index (χ0n) is 32.2. The van der Waals surface area contributed by atoms with Crippen LogP contribution in [0.25, 0.3) is 0 Å². The van der Waals surface area contributed by atoms with Crippen LogP contribution in [-0.4, -0.2) is 37.7 Å². The fourth-order valence-corrected chi connectivity index (χ4v) is 6.35. The van der Waals surface area contributed by atoms with Gasteiger partial charge < -0.3 is 14.8 Å². The van der Waals surface area contributed by atoms with E-state index in [1.165, 1.54) is 148 Å². The van der Waals surface area contributed by atoms with Gasteiger partial charge >= 0.3 is 11.9 Å². The SMILES string of the molecule is CCCCCCCCCC(=O)OCCCCCCCNCCCCCCCC(=O)OC(CCCCCCCC)CCCCCCCC. The number of esters is 2. The molecule has 0 saturated heterocycles. The summed E-state index contributed by atoms with van der Waals surface area (Å²) in [5.41, 5.74) is 0. The molecule has 0 radical (unpaired) electrons. The van der Waals surface area contributed by atoms with Crippen LogP contribution < -0.4 is 5.32 Å². The molecule has 5 heteroatoms. The van der Waals surface area contributed by atoms with Crippen LogP contribution in [0.15, 0.2) is 0 Å². The number of rotatable bonds is 39. The van der Waals surface area contributed by atoms with Crippen LogP contribution in [0, 0.1) is 0 Å². The molecular formula is C42H83NO4. The van der Waals surface area contributed by atoms with Gasteiger partial charge in [0.05, 0.1) is 6.61 Å². The maximum Gasteiger partial charge on any atom is 0.306 e. The molecule has 0 aromatic rings. The van der Waals surface area contributed by atoms with Gasteiger partial charge in [0.1, 0.15) is 6.10 Å². The van der Waals surface area contributed by atoms with Gasteiger partial charge in [0.15, 0.2) is 0 Å². The number of ether oxygens (including phenoxy) is 2. The highest BCUT2D eigenvalue weighted by molar-refractivity contribution is 5.69. The first-order chi connectivity index (χ1) is 23.1. The summed E-state index contributed by atoms with van der Waals surface area (Å²) in [4.78, 5) is 24.4. The van der Waals surface area contributed by atoms with Crippen molar-refractivity contribution >= 4 is 11.9 Å². The lowest BCUT2D eigenvalue weighted by Gasteiger charge is -2.18. The minimum Gasteiger partial charge on any atom is -0.466 e. The van der Waals surface area contributed by atoms with Crippen LogP contribution in [-0.2, 0) is 19.1 Å². The molecule has 0 aliphatic carbocycles. The predicted octanol–water partition coefficient (Wildman–Crippen LogP) is 13.0. The number of hydrogen-bond donors (Lipinski definition) is 1. The minimum atomic E-state index is -0.00780. The molecule has 0 aromatic carbocycles. The van der Waals surface area contributed by atoms with Gasteiger partial charge in [-0.3, -0.25) is 9.59 Å². The van der Waals surface area contributed by atoms with Gasteiger partial charge in [-0.25, -0.2) is 0 Å². The van der Waals surface area contributed by atoms with Crippen LogP contribution in [0.2, 0.25) is 0 Å². The van der Waals surface area contributed by atoms with E-state index in [9.17, 15) is 9.59 Å². The van der Waals surface area contributed by atoms with Gasteiger partial charge in [-0.2, -0.15) is 0 Å². The highest BCUT2D eigenvalue weighted by Crippen LogP contribution is 2.18. The van der Waals surface area contributed by atoms with E-state index in [-0.39, 0.29) is 18.0 Å². The molecule has 0 aliphatic rings. The van der Waals surface area contributed by atoms with Crippen molar-refractivity contribution in [1.29, 1.82) is 0 Å². The Morgan fingerprint density at radius 2 is 0.787 bits per heavy atom. The lowest BCUT2D eigenvalue weighted by Crippen LogP contribution is -2.18. The summed E-state index contributed by atoms with van der Waals surface area (Å²) in [6.07, 6.45) is 39.2. The monoisotopic (exact) mass is 666 g/mol. The predicted molar refractivity (Wildman–Crippen MR) is 203 cm³/mol. The third-order valence-corrected chi connectivity index (χ3v) is 9.54. The average Bonchev–Trinajstić information content (AvgIpc) is 3.07. The number of unbranched alkanes of at least 4 members (excludes halogenated alkanes) is 24. The molecule has 0 spiro atoms. The molecule has 0 aromatic heterocycles. The first-order valence-corrected chi connectivity index (χ1v) is 21.2. The largest absolute Gasteiger partial charge is 0.466 e. The zero-order valence-corrected chi connectivity index (χ0v) is 32.2. The van der Waals surface area contributed by atoms with Crippen molar-refractivity contribution in [2.24, 2.45) is 0 Å². The van der Waals surface area contributed by atoms with Gasteiger partial charge in [-0.15, -0.1) is 0 Å². The lowest BCUT2D eigenvalue weighted by molar-refractivity contribution is -0.150. The lowest BCUT2D eigenvalue weighted by atomic mass is 10.0.